The number of hydrogen-bond donors (Lipinski definition) is 5. The maximum absolute atomic E-state index is 14.9. The Morgan fingerprint density at radius 3 is 2.28 bits per heavy atom. The molecule has 15 nitrogen and oxygen atoms in total. The van der Waals surface area contributed by atoms with Crippen molar-refractivity contribution in [3.05, 3.63) is 69.6 Å². The van der Waals surface area contributed by atoms with Crippen LogP contribution >= 0.6 is 0 Å². The molecule has 8 atom stereocenters. The molecule has 1 amide bonds. The number of aliphatic carboxylic acids is 1. The number of aromatic hydroxyl groups is 1. The number of aliphatic imine (C=N–C) groups is 1. The molecule has 6 aliphatic rings. The number of benzene rings is 1. The summed E-state index contributed by atoms with van der Waals surface area (Å²) in [5, 5.41) is 39.2. The number of ether oxygens (including phenoxy) is 3. The largest absolute Gasteiger partial charge is 0.507 e. The molecule has 0 radical (unpaired) electrons. The Bertz CT molecular complexity index is 2310. The lowest BCUT2D eigenvalue weighted by Gasteiger charge is -2.40. The second-order valence-electron chi connectivity index (χ2n) is 20.8. The van der Waals surface area contributed by atoms with E-state index in [2.05, 4.69) is 29.4 Å². The van der Waals surface area contributed by atoms with E-state index in [-0.39, 0.29) is 70.0 Å². The summed E-state index contributed by atoms with van der Waals surface area (Å²) in [5.41, 5.74) is -1.03. The summed E-state index contributed by atoms with van der Waals surface area (Å²) in [5.74, 6) is -7.60. The van der Waals surface area contributed by atoms with E-state index in [4.69, 9.17) is 19.2 Å². The molecule has 15 heteroatoms. The number of allylic oxidation sites excluding steroid dienone is 6. The summed E-state index contributed by atoms with van der Waals surface area (Å²) in [6.45, 7) is 24.1. The maximum atomic E-state index is 14.9. The third-order valence-electron chi connectivity index (χ3n) is 14.0. The Morgan fingerprint density at radius 1 is 1.00 bits per heavy atom. The maximum Gasteiger partial charge on any atom is 0.320 e. The number of carboxylic acids is 1. The average Bonchev–Trinajstić information content (AvgIpc) is 3.74. The topological polar surface area (TPSA) is 213 Å². The number of ketones is 2. The quantitative estimate of drug-likeness (QED) is 0.0749. The molecule has 1 spiro atoms. The number of carbonyl (C=O) groups excluding carboxylic acids is 4. The Morgan fingerprint density at radius 2 is 1.67 bits per heavy atom. The highest BCUT2D eigenvalue weighted by Gasteiger charge is 2.53. The second-order valence-corrected chi connectivity index (χ2v) is 20.8. The molecule has 0 aromatic heterocycles. The fraction of sp³-hybridized carbons (Fsp3) is 0.615. The number of carbonyl (C=O) groups is 5. The molecule has 5 N–H and O–H groups in total. The van der Waals surface area contributed by atoms with Gasteiger partial charge in [-0.1, -0.05) is 78.8 Å². The van der Waals surface area contributed by atoms with Crippen LogP contribution in [0.15, 0.2) is 52.3 Å². The van der Waals surface area contributed by atoms with Crippen LogP contribution in [0.5, 0.6) is 11.5 Å². The van der Waals surface area contributed by atoms with Crippen LogP contribution in [0.4, 0.5) is 0 Å². The number of likely N-dealkylation sites (tertiary alicyclic amines) is 1. The van der Waals surface area contributed by atoms with Crippen molar-refractivity contribution in [1.82, 2.24) is 15.5 Å². The number of phenols is 1. The zero-order chi connectivity index (χ0) is 49.5. The molecule has 5 aliphatic heterocycles. The van der Waals surface area contributed by atoms with Crippen LogP contribution < -0.4 is 15.4 Å². The zero-order valence-electron chi connectivity index (χ0n) is 41.4. The van der Waals surface area contributed by atoms with Crippen LogP contribution in [0.2, 0.25) is 0 Å². The van der Waals surface area contributed by atoms with Gasteiger partial charge in [0.2, 0.25) is 11.6 Å². The van der Waals surface area contributed by atoms with Gasteiger partial charge in [-0.3, -0.25) is 29.0 Å². The number of aliphatic hydroxyl groups is 1. The standard InChI is InChI=1S/C52H72N4O11/c1-13-34(48(61)62)49(63)65-43-29(5)18-14-15-20-51(12)46(59)37-35-36(41(57)32(8)45(37)67-51)42(58)40(39-38(35)54-52(55-39)21-23-56(24-22-52)26-27(2)3)53-47(60)30(6)19-16-17-28(4)25-31(7)44(33(43)9)66-50(10,11)64/h14-17,19,27-29,31,33-34,43-44,55,57,64H,13,18,20-26H2,1-12H3,(H,53,60)(H,61,62)/b15-14+,17-16+,30-19-/t28-,29+,31+,33-,34?,43+,44+,51+/m0/s1. The molecule has 366 valence electrons. The number of nitrogens with one attached hydrogen (secondary N) is 2. The zero-order valence-corrected chi connectivity index (χ0v) is 41.4. The highest BCUT2D eigenvalue weighted by atomic mass is 16.6. The average molecular weight is 929 g/mol. The van der Waals surface area contributed by atoms with Gasteiger partial charge in [-0.15, -0.1) is 0 Å². The lowest BCUT2D eigenvalue weighted by atomic mass is 9.79. The molecule has 1 saturated heterocycles. The van der Waals surface area contributed by atoms with E-state index in [1.807, 2.05) is 45.9 Å². The number of piperidine rings is 1. The van der Waals surface area contributed by atoms with Crippen molar-refractivity contribution in [2.24, 2.45) is 40.5 Å². The van der Waals surface area contributed by atoms with E-state index < -0.39 is 70.5 Å². The van der Waals surface area contributed by atoms with Crippen molar-refractivity contribution in [1.29, 1.82) is 0 Å². The fourth-order valence-electron chi connectivity index (χ4n) is 10.4. The number of Topliss-reactive ketones (excluding diaryl/α,β-unsaturated/α-hetero) is 2. The van der Waals surface area contributed by atoms with Gasteiger partial charge in [0, 0.05) is 61.5 Å². The van der Waals surface area contributed by atoms with Crippen LogP contribution in [0.25, 0.3) is 0 Å². The third-order valence-corrected chi connectivity index (χ3v) is 14.0. The summed E-state index contributed by atoms with van der Waals surface area (Å²) in [6, 6.07) is 0. The van der Waals surface area contributed by atoms with Gasteiger partial charge in [-0.25, -0.2) is 0 Å². The lowest BCUT2D eigenvalue weighted by Crippen LogP contribution is -2.50. The smallest absolute Gasteiger partial charge is 0.320 e. The number of amides is 1. The van der Waals surface area contributed by atoms with E-state index in [9.17, 15) is 39.3 Å². The first-order valence-electron chi connectivity index (χ1n) is 24.0. The molecule has 5 bridgehead atoms. The van der Waals surface area contributed by atoms with Crippen LogP contribution in [-0.2, 0) is 23.9 Å². The normalized spacial score (nSPS) is 30.4. The van der Waals surface area contributed by atoms with E-state index in [0.29, 0.717) is 48.6 Å². The van der Waals surface area contributed by atoms with Gasteiger partial charge in [0.05, 0.1) is 28.6 Å². The number of fused-ring (bicyclic) bond motifs is 13. The summed E-state index contributed by atoms with van der Waals surface area (Å²) >= 11 is 0. The first-order chi connectivity index (χ1) is 31.3. The second kappa shape index (κ2) is 19.8. The Balaban J connectivity index is 1.46. The van der Waals surface area contributed by atoms with E-state index in [1.54, 1.807) is 39.8 Å². The van der Waals surface area contributed by atoms with Crippen LogP contribution in [0, 0.1) is 42.4 Å². The molecular formula is C52H72N4O11. The molecule has 1 unspecified atom stereocenters. The summed E-state index contributed by atoms with van der Waals surface area (Å²) in [6.07, 6.45) is 9.79. The third kappa shape index (κ3) is 10.6. The van der Waals surface area contributed by atoms with Gasteiger partial charge in [-0.05, 0) is 77.6 Å². The molecule has 0 saturated carbocycles. The van der Waals surface area contributed by atoms with Crippen molar-refractivity contribution < 1.29 is 53.5 Å². The van der Waals surface area contributed by atoms with Crippen molar-refractivity contribution >= 4 is 35.1 Å². The summed E-state index contributed by atoms with van der Waals surface area (Å²) < 4.78 is 19.0. The van der Waals surface area contributed by atoms with Crippen molar-refractivity contribution in [2.45, 2.75) is 151 Å². The minimum Gasteiger partial charge on any atom is -0.507 e. The van der Waals surface area contributed by atoms with E-state index in [0.717, 1.165) is 19.6 Å². The SMILES string of the molecule is CCC(C(=O)O)C(=O)O[C@H]1[C@H](C)[C@H](OC(C)(C)O)[C@H](C)C[C@@H](C)/C=C/C=C(/C)C(=O)NC2=C3NC4(CCN(CC(C)C)CC4)N=C3c3c(c(O)c(C)c4c3C(=O)[C@@](C)(C/C=C/C[C@H]1C)O4)C2=O. The minimum atomic E-state index is -1.56. The van der Waals surface area contributed by atoms with Crippen LogP contribution in [0.3, 0.4) is 0 Å². The van der Waals surface area contributed by atoms with Crippen molar-refractivity contribution in [3.63, 3.8) is 0 Å². The van der Waals surface area contributed by atoms with E-state index >= 15 is 0 Å². The molecule has 1 aliphatic carbocycles. The molecule has 1 aromatic rings. The Labute approximate surface area is 395 Å². The van der Waals surface area contributed by atoms with Crippen LogP contribution in [-0.4, -0.2) is 104 Å². The summed E-state index contributed by atoms with van der Waals surface area (Å²) in [4.78, 5) is 77.1. The van der Waals surface area contributed by atoms with Gasteiger partial charge >= 0.3 is 11.9 Å². The first-order valence-corrected chi connectivity index (χ1v) is 24.0. The number of phenolic OH excluding ortho intramolecular Hbond substituents is 1. The van der Waals surface area contributed by atoms with Gasteiger partial charge in [0.25, 0.3) is 5.91 Å². The van der Waals surface area contributed by atoms with Gasteiger partial charge in [-0.2, -0.15) is 0 Å². The van der Waals surface area contributed by atoms with Crippen molar-refractivity contribution in [2.75, 3.05) is 19.6 Å². The summed E-state index contributed by atoms with van der Waals surface area (Å²) in [7, 11) is 0. The molecule has 7 rings (SSSR count). The molecular weight excluding hydrogens is 857 g/mol. The predicted octanol–water partition coefficient (Wildman–Crippen LogP) is 7.32. The molecule has 1 aromatic carbocycles. The van der Waals surface area contributed by atoms with E-state index in [1.165, 1.54) is 13.8 Å². The number of nitrogens with zero attached hydrogens (tertiary/aromatic N) is 2. The number of hydrogen-bond acceptors (Lipinski definition) is 13. The molecule has 1 fully saturated rings. The fourth-order valence-corrected chi connectivity index (χ4v) is 10.4. The number of esters is 1. The predicted molar refractivity (Wildman–Crippen MR) is 254 cm³/mol. The van der Waals surface area contributed by atoms with Gasteiger partial charge in [0.1, 0.15) is 29.0 Å². The monoisotopic (exact) mass is 929 g/mol. The first kappa shape index (κ1) is 51.3. The molecule has 5 heterocycles. The minimum absolute atomic E-state index is 0.0350. The van der Waals surface area contributed by atoms with Crippen LogP contribution in [0.1, 0.15) is 147 Å². The highest BCUT2D eigenvalue weighted by molar-refractivity contribution is 6.34. The van der Waals surface area contributed by atoms with Crippen molar-refractivity contribution in [3.8, 4) is 11.5 Å². The number of carboxylic acid groups (broad SMARTS) is 1. The Kier molecular flexibility index (Phi) is 15.2. The Hall–Kier alpha value is -5.12. The highest BCUT2D eigenvalue weighted by Crippen LogP contribution is 2.50. The van der Waals surface area contributed by atoms with Gasteiger partial charge < -0.3 is 45.1 Å². The lowest BCUT2D eigenvalue weighted by molar-refractivity contribution is -0.237. The molecule has 67 heavy (non-hydrogen) atoms. The van der Waals surface area contributed by atoms with Gasteiger partial charge in [0.15, 0.2) is 17.3 Å². The number of rotatable bonds is 8.